The lowest BCUT2D eigenvalue weighted by molar-refractivity contribution is -0.124. The Hall–Kier alpha value is -1.55. The molecule has 0 saturated heterocycles. The van der Waals surface area contributed by atoms with Crippen molar-refractivity contribution in [1.82, 2.24) is 0 Å². The Morgan fingerprint density at radius 3 is 2.95 bits per heavy atom. The van der Waals surface area contributed by atoms with Crippen molar-refractivity contribution in [2.75, 3.05) is 17.7 Å². The van der Waals surface area contributed by atoms with Crippen molar-refractivity contribution in [1.29, 1.82) is 0 Å². The van der Waals surface area contributed by atoms with Crippen LogP contribution in [0.3, 0.4) is 0 Å². The smallest absolute Gasteiger partial charge is 0.250 e. The zero-order valence-corrected chi connectivity index (χ0v) is 12.1. The second-order valence-corrected chi connectivity index (χ2v) is 5.48. The highest BCUT2D eigenvalue weighted by atomic mass is 16.5. The Morgan fingerprint density at radius 2 is 2.20 bits per heavy atom. The van der Waals surface area contributed by atoms with Crippen LogP contribution < -0.4 is 11.1 Å². The fourth-order valence-electron chi connectivity index (χ4n) is 2.86. The number of nitrogen functional groups attached to an aromatic ring is 1. The van der Waals surface area contributed by atoms with Crippen molar-refractivity contribution in [2.24, 2.45) is 5.92 Å². The lowest BCUT2D eigenvalue weighted by Crippen LogP contribution is -2.31. The average molecular weight is 276 g/mol. The van der Waals surface area contributed by atoms with Crippen LogP contribution in [0.15, 0.2) is 24.3 Å². The lowest BCUT2D eigenvalue weighted by atomic mass is 9.85. The summed E-state index contributed by atoms with van der Waals surface area (Å²) in [6.07, 6.45) is 6.15. The van der Waals surface area contributed by atoms with E-state index in [1.54, 1.807) is 12.1 Å². The predicted octanol–water partition coefficient (Wildman–Crippen LogP) is 3.19. The SMILES string of the molecule is CCC1CCCCC1OCC(=O)Nc1cccc(N)c1. The quantitative estimate of drug-likeness (QED) is 0.812. The second kappa shape index (κ2) is 7.29. The molecule has 1 aliphatic rings. The van der Waals surface area contributed by atoms with Gasteiger partial charge in [-0.05, 0) is 37.0 Å². The van der Waals surface area contributed by atoms with E-state index < -0.39 is 0 Å². The molecule has 1 aromatic carbocycles. The molecule has 0 spiro atoms. The van der Waals surface area contributed by atoms with Crippen LogP contribution in [0.2, 0.25) is 0 Å². The monoisotopic (exact) mass is 276 g/mol. The summed E-state index contributed by atoms with van der Waals surface area (Å²) < 4.78 is 5.81. The molecule has 110 valence electrons. The standard InChI is InChI=1S/C16H24N2O2/c1-2-12-6-3-4-9-15(12)20-11-16(19)18-14-8-5-7-13(17)10-14/h5,7-8,10,12,15H,2-4,6,9,11,17H2,1H3,(H,18,19). The minimum atomic E-state index is -0.115. The molecule has 4 heteroatoms. The molecule has 0 heterocycles. The van der Waals surface area contributed by atoms with E-state index in [2.05, 4.69) is 12.2 Å². The van der Waals surface area contributed by atoms with Gasteiger partial charge in [0.2, 0.25) is 5.91 Å². The van der Waals surface area contributed by atoms with Crippen molar-refractivity contribution in [3.05, 3.63) is 24.3 Å². The lowest BCUT2D eigenvalue weighted by Gasteiger charge is -2.30. The van der Waals surface area contributed by atoms with Crippen molar-refractivity contribution >= 4 is 17.3 Å². The van der Waals surface area contributed by atoms with Crippen molar-refractivity contribution < 1.29 is 9.53 Å². The van der Waals surface area contributed by atoms with Gasteiger partial charge in [0.05, 0.1) is 6.10 Å². The number of hydrogen-bond donors (Lipinski definition) is 2. The topological polar surface area (TPSA) is 64.3 Å². The van der Waals surface area contributed by atoms with Gasteiger partial charge in [-0.2, -0.15) is 0 Å². The van der Waals surface area contributed by atoms with Crippen LogP contribution in [0.5, 0.6) is 0 Å². The maximum absolute atomic E-state index is 11.9. The van der Waals surface area contributed by atoms with E-state index in [-0.39, 0.29) is 18.6 Å². The summed E-state index contributed by atoms with van der Waals surface area (Å²) in [5.41, 5.74) is 7.04. The van der Waals surface area contributed by atoms with Crippen molar-refractivity contribution in [2.45, 2.75) is 45.1 Å². The normalized spacial score (nSPS) is 22.4. The molecule has 3 N–H and O–H groups in total. The van der Waals surface area contributed by atoms with Gasteiger partial charge >= 0.3 is 0 Å². The molecule has 1 amide bonds. The molecule has 1 saturated carbocycles. The third-order valence-electron chi connectivity index (χ3n) is 3.96. The molecule has 2 atom stereocenters. The molecule has 0 aliphatic heterocycles. The van der Waals surface area contributed by atoms with E-state index in [4.69, 9.17) is 10.5 Å². The molecule has 2 rings (SSSR count). The molecule has 0 aromatic heterocycles. The van der Waals surface area contributed by atoms with Crippen LogP contribution in [-0.4, -0.2) is 18.6 Å². The number of nitrogens with two attached hydrogens (primary N) is 1. The molecule has 0 bridgehead atoms. The number of amides is 1. The number of benzene rings is 1. The zero-order valence-electron chi connectivity index (χ0n) is 12.1. The summed E-state index contributed by atoms with van der Waals surface area (Å²) in [5, 5.41) is 2.81. The van der Waals surface area contributed by atoms with Crippen LogP contribution in [0.4, 0.5) is 11.4 Å². The molecule has 20 heavy (non-hydrogen) atoms. The Balaban J connectivity index is 1.79. The fourth-order valence-corrected chi connectivity index (χ4v) is 2.86. The molecule has 1 aliphatic carbocycles. The number of carbonyl (C=O) groups excluding carboxylic acids is 1. The van der Waals surface area contributed by atoms with Gasteiger partial charge in [-0.25, -0.2) is 0 Å². The van der Waals surface area contributed by atoms with Crippen molar-refractivity contribution in [3.63, 3.8) is 0 Å². The Kier molecular flexibility index (Phi) is 5.41. The van der Waals surface area contributed by atoms with Crippen LogP contribution in [0.1, 0.15) is 39.0 Å². The Morgan fingerprint density at radius 1 is 1.40 bits per heavy atom. The van der Waals surface area contributed by atoms with Gasteiger partial charge in [-0.1, -0.05) is 32.3 Å². The number of hydrogen-bond acceptors (Lipinski definition) is 3. The third kappa shape index (κ3) is 4.23. The molecule has 2 unspecified atom stereocenters. The predicted molar refractivity (Wildman–Crippen MR) is 81.5 cm³/mol. The Labute approximate surface area is 120 Å². The molecule has 0 radical (unpaired) electrons. The minimum Gasteiger partial charge on any atom is -0.399 e. The molecule has 1 fully saturated rings. The molecule has 1 aromatic rings. The summed E-state index contributed by atoms with van der Waals surface area (Å²) in [4.78, 5) is 11.9. The van der Waals surface area contributed by atoms with E-state index >= 15 is 0 Å². The molecular formula is C16H24N2O2. The number of rotatable bonds is 5. The first-order valence-corrected chi connectivity index (χ1v) is 7.46. The van der Waals surface area contributed by atoms with Crippen molar-refractivity contribution in [3.8, 4) is 0 Å². The first-order chi connectivity index (χ1) is 9.69. The highest BCUT2D eigenvalue weighted by molar-refractivity contribution is 5.92. The van der Waals surface area contributed by atoms with Crippen LogP contribution in [-0.2, 0) is 9.53 Å². The van der Waals surface area contributed by atoms with Gasteiger partial charge < -0.3 is 15.8 Å². The summed E-state index contributed by atoms with van der Waals surface area (Å²) in [6, 6.07) is 7.18. The number of carbonyl (C=O) groups is 1. The molecular weight excluding hydrogens is 252 g/mol. The van der Waals surface area contributed by atoms with E-state index in [1.165, 1.54) is 19.3 Å². The van der Waals surface area contributed by atoms with E-state index in [1.807, 2.05) is 12.1 Å². The first-order valence-electron chi connectivity index (χ1n) is 7.46. The largest absolute Gasteiger partial charge is 0.399 e. The number of nitrogens with one attached hydrogen (secondary N) is 1. The average Bonchev–Trinajstić information content (AvgIpc) is 2.45. The zero-order chi connectivity index (χ0) is 14.4. The third-order valence-corrected chi connectivity index (χ3v) is 3.96. The number of anilines is 2. The fraction of sp³-hybridized carbons (Fsp3) is 0.562. The highest BCUT2D eigenvalue weighted by Crippen LogP contribution is 2.29. The minimum absolute atomic E-state index is 0.115. The summed E-state index contributed by atoms with van der Waals surface area (Å²) in [7, 11) is 0. The van der Waals surface area contributed by atoms with Crippen LogP contribution in [0, 0.1) is 5.92 Å². The van der Waals surface area contributed by atoms with Crippen LogP contribution in [0.25, 0.3) is 0 Å². The summed E-state index contributed by atoms with van der Waals surface area (Å²) in [6.45, 7) is 2.31. The number of ether oxygens (including phenoxy) is 1. The Bertz CT molecular complexity index is 448. The van der Waals surface area contributed by atoms with Gasteiger partial charge in [0.15, 0.2) is 0 Å². The highest BCUT2D eigenvalue weighted by Gasteiger charge is 2.24. The van der Waals surface area contributed by atoms with Crippen LogP contribution >= 0.6 is 0 Å². The molecule has 4 nitrogen and oxygen atoms in total. The second-order valence-electron chi connectivity index (χ2n) is 5.48. The summed E-state index contributed by atoms with van der Waals surface area (Å²) in [5.74, 6) is 0.486. The maximum atomic E-state index is 11.9. The van der Waals surface area contributed by atoms with E-state index in [0.717, 1.165) is 12.8 Å². The van der Waals surface area contributed by atoms with Gasteiger partial charge in [0.25, 0.3) is 0 Å². The maximum Gasteiger partial charge on any atom is 0.250 e. The van der Waals surface area contributed by atoms with Gasteiger partial charge in [0.1, 0.15) is 6.61 Å². The van der Waals surface area contributed by atoms with Gasteiger partial charge in [0, 0.05) is 11.4 Å². The van der Waals surface area contributed by atoms with Gasteiger partial charge in [-0.15, -0.1) is 0 Å². The van der Waals surface area contributed by atoms with E-state index in [9.17, 15) is 4.79 Å². The van der Waals surface area contributed by atoms with Gasteiger partial charge in [-0.3, -0.25) is 4.79 Å². The first kappa shape index (κ1) is 14.9. The summed E-state index contributed by atoms with van der Waals surface area (Å²) >= 11 is 0. The van der Waals surface area contributed by atoms with E-state index in [0.29, 0.717) is 17.3 Å².